The predicted octanol–water partition coefficient (Wildman–Crippen LogP) is 2.20. The molecular weight excluding hydrogens is 248 g/mol. The Morgan fingerprint density at radius 2 is 1.53 bits per heavy atom. The Morgan fingerprint density at radius 1 is 1.00 bits per heavy atom. The summed E-state index contributed by atoms with van der Waals surface area (Å²) >= 11 is 0. The molecule has 0 spiro atoms. The van der Waals surface area contributed by atoms with Gasteiger partial charge in [-0.25, -0.2) is 4.79 Å². The second-order valence-electron chi connectivity index (χ2n) is 3.99. The van der Waals surface area contributed by atoms with Crippen molar-refractivity contribution in [2.45, 2.75) is 19.6 Å². The topological polar surface area (TPSA) is 54.0 Å². The zero-order valence-corrected chi connectivity index (χ0v) is 11.6. The number of esters is 1. The second kappa shape index (κ2) is 9.35. The fourth-order valence-corrected chi connectivity index (χ4v) is 1.05. The normalized spacial score (nSPS) is 10.6. The van der Waals surface area contributed by atoms with E-state index in [-0.39, 0.29) is 13.2 Å². The molecule has 0 bridgehead atoms. The number of hydrogen-bond donors (Lipinski definition) is 0. The molecular formula is C14H22O5. The highest BCUT2D eigenvalue weighted by Crippen LogP contribution is 2.10. The number of carbonyl (C=O) groups is 1. The van der Waals surface area contributed by atoms with Gasteiger partial charge in [-0.1, -0.05) is 19.7 Å². The molecule has 0 aromatic carbocycles. The van der Waals surface area contributed by atoms with Gasteiger partial charge in [0.15, 0.2) is 5.79 Å². The second-order valence-corrected chi connectivity index (χ2v) is 3.99. The molecule has 0 atom stereocenters. The van der Waals surface area contributed by atoms with Gasteiger partial charge in [-0.15, -0.1) is 0 Å². The highest BCUT2D eigenvalue weighted by atomic mass is 16.7. The SMILES string of the molecule is C=CC(=C)OCCOC(C)(C)OCCOC(=O)C=C. The Kier molecular flexibility index (Phi) is 8.57. The molecule has 0 aliphatic heterocycles. The third kappa shape index (κ3) is 10.1. The molecule has 0 N–H and O–H groups in total. The number of rotatable bonds is 11. The van der Waals surface area contributed by atoms with Crippen LogP contribution in [0.3, 0.4) is 0 Å². The minimum atomic E-state index is -0.778. The van der Waals surface area contributed by atoms with Gasteiger partial charge in [0.1, 0.15) is 19.0 Å². The summed E-state index contributed by atoms with van der Waals surface area (Å²) in [6.45, 7) is 15.1. The van der Waals surface area contributed by atoms with Gasteiger partial charge in [-0.2, -0.15) is 0 Å². The van der Waals surface area contributed by atoms with Crippen molar-refractivity contribution in [1.82, 2.24) is 0 Å². The summed E-state index contributed by atoms with van der Waals surface area (Å²) in [7, 11) is 0. The number of carbonyl (C=O) groups excluding carboxylic acids is 1. The Balaban J connectivity index is 3.67. The van der Waals surface area contributed by atoms with Crippen molar-refractivity contribution in [3.8, 4) is 0 Å². The van der Waals surface area contributed by atoms with E-state index in [1.165, 1.54) is 6.08 Å². The van der Waals surface area contributed by atoms with Gasteiger partial charge in [-0.3, -0.25) is 0 Å². The van der Waals surface area contributed by atoms with E-state index in [1.54, 1.807) is 13.8 Å². The van der Waals surface area contributed by atoms with Gasteiger partial charge in [0.2, 0.25) is 0 Å². The van der Waals surface area contributed by atoms with E-state index in [0.717, 1.165) is 6.08 Å². The number of hydrogen-bond acceptors (Lipinski definition) is 5. The molecule has 0 unspecified atom stereocenters. The Bertz CT molecular complexity index is 290. The van der Waals surface area contributed by atoms with Crippen LogP contribution in [0.15, 0.2) is 37.6 Å². The summed E-state index contributed by atoms with van der Waals surface area (Å²) in [5.41, 5.74) is 0. The van der Waals surface area contributed by atoms with Crippen molar-refractivity contribution in [1.29, 1.82) is 0 Å². The first-order valence-electron chi connectivity index (χ1n) is 5.92. The third-order valence-electron chi connectivity index (χ3n) is 1.99. The average molecular weight is 270 g/mol. The maximum atomic E-state index is 10.8. The first-order valence-corrected chi connectivity index (χ1v) is 5.92. The van der Waals surface area contributed by atoms with Crippen LogP contribution in [0, 0.1) is 0 Å². The molecule has 0 saturated carbocycles. The zero-order valence-electron chi connectivity index (χ0n) is 11.6. The van der Waals surface area contributed by atoms with Crippen LogP contribution in [0.25, 0.3) is 0 Å². The summed E-state index contributed by atoms with van der Waals surface area (Å²) in [6, 6.07) is 0. The fourth-order valence-electron chi connectivity index (χ4n) is 1.05. The molecule has 19 heavy (non-hydrogen) atoms. The molecule has 0 fully saturated rings. The highest BCUT2D eigenvalue weighted by molar-refractivity contribution is 5.81. The van der Waals surface area contributed by atoms with Crippen LogP contribution in [-0.4, -0.2) is 38.2 Å². The largest absolute Gasteiger partial charge is 0.492 e. The summed E-state index contributed by atoms with van der Waals surface area (Å²) in [5.74, 6) is -0.753. The first kappa shape index (κ1) is 17.4. The van der Waals surface area contributed by atoms with Gasteiger partial charge in [0.25, 0.3) is 0 Å². The van der Waals surface area contributed by atoms with E-state index >= 15 is 0 Å². The first-order chi connectivity index (χ1) is 8.91. The smallest absolute Gasteiger partial charge is 0.330 e. The van der Waals surface area contributed by atoms with E-state index in [9.17, 15) is 4.79 Å². The molecule has 5 nitrogen and oxygen atoms in total. The molecule has 0 amide bonds. The molecule has 0 saturated heterocycles. The quantitative estimate of drug-likeness (QED) is 0.144. The maximum absolute atomic E-state index is 10.8. The van der Waals surface area contributed by atoms with Gasteiger partial charge in [0, 0.05) is 6.08 Å². The van der Waals surface area contributed by atoms with E-state index in [1.807, 2.05) is 0 Å². The van der Waals surface area contributed by atoms with E-state index in [0.29, 0.717) is 19.0 Å². The van der Waals surface area contributed by atoms with E-state index in [2.05, 4.69) is 19.7 Å². The summed E-state index contributed by atoms with van der Waals surface area (Å²) in [4.78, 5) is 10.8. The Labute approximate surface area is 114 Å². The molecule has 5 heteroatoms. The lowest BCUT2D eigenvalue weighted by atomic mass is 10.4. The molecule has 0 radical (unpaired) electrons. The van der Waals surface area contributed by atoms with Gasteiger partial charge in [-0.05, 0) is 19.9 Å². The molecule has 0 aliphatic carbocycles. The summed E-state index contributed by atoms with van der Waals surface area (Å²) in [5, 5.41) is 0. The Morgan fingerprint density at radius 3 is 2.00 bits per heavy atom. The van der Waals surface area contributed by atoms with Crippen molar-refractivity contribution in [2.75, 3.05) is 26.4 Å². The van der Waals surface area contributed by atoms with Crippen molar-refractivity contribution in [3.63, 3.8) is 0 Å². The average Bonchev–Trinajstić information content (AvgIpc) is 2.39. The molecule has 0 aliphatic rings. The maximum Gasteiger partial charge on any atom is 0.330 e. The number of ether oxygens (including phenoxy) is 4. The third-order valence-corrected chi connectivity index (χ3v) is 1.99. The lowest BCUT2D eigenvalue weighted by Gasteiger charge is -2.25. The van der Waals surface area contributed by atoms with Crippen LogP contribution >= 0.6 is 0 Å². The van der Waals surface area contributed by atoms with Crippen molar-refractivity contribution in [2.24, 2.45) is 0 Å². The molecule has 0 heterocycles. The molecule has 108 valence electrons. The van der Waals surface area contributed by atoms with Gasteiger partial charge < -0.3 is 18.9 Å². The Hall–Kier alpha value is -1.59. The van der Waals surface area contributed by atoms with Crippen molar-refractivity contribution < 1.29 is 23.7 Å². The van der Waals surface area contributed by atoms with Crippen LogP contribution in [0.5, 0.6) is 0 Å². The van der Waals surface area contributed by atoms with Crippen molar-refractivity contribution >= 4 is 5.97 Å². The standard InChI is InChI=1S/C14H22O5/c1-6-12(3)16-8-10-18-14(4,5)19-11-9-17-13(15)7-2/h6-7H,1-3,8-11H2,4-5H3. The van der Waals surface area contributed by atoms with Crippen LogP contribution < -0.4 is 0 Å². The molecule has 0 aromatic rings. The fraction of sp³-hybridized carbons (Fsp3) is 0.500. The van der Waals surface area contributed by atoms with Gasteiger partial charge in [0.05, 0.1) is 13.2 Å². The minimum Gasteiger partial charge on any atom is -0.492 e. The van der Waals surface area contributed by atoms with Crippen LogP contribution in [0.2, 0.25) is 0 Å². The van der Waals surface area contributed by atoms with Crippen LogP contribution in [0.1, 0.15) is 13.8 Å². The van der Waals surface area contributed by atoms with E-state index < -0.39 is 11.8 Å². The lowest BCUT2D eigenvalue weighted by molar-refractivity contribution is -0.221. The van der Waals surface area contributed by atoms with Crippen molar-refractivity contribution in [3.05, 3.63) is 37.6 Å². The van der Waals surface area contributed by atoms with Crippen LogP contribution in [0.4, 0.5) is 0 Å². The monoisotopic (exact) mass is 270 g/mol. The molecule has 0 rings (SSSR count). The van der Waals surface area contributed by atoms with Crippen LogP contribution in [-0.2, 0) is 23.7 Å². The highest BCUT2D eigenvalue weighted by Gasteiger charge is 2.18. The predicted molar refractivity (Wildman–Crippen MR) is 72.4 cm³/mol. The van der Waals surface area contributed by atoms with E-state index in [4.69, 9.17) is 18.9 Å². The minimum absolute atomic E-state index is 0.154. The number of allylic oxidation sites excluding steroid dienone is 1. The van der Waals surface area contributed by atoms with Gasteiger partial charge >= 0.3 is 5.97 Å². The molecule has 0 aromatic heterocycles. The summed E-state index contributed by atoms with van der Waals surface area (Å²) in [6.07, 6.45) is 2.63. The summed E-state index contributed by atoms with van der Waals surface area (Å²) < 4.78 is 20.9. The zero-order chi connectivity index (χ0) is 14.7. The lowest BCUT2D eigenvalue weighted by Crippen LogP contribution is -2.31.